The van der Waals surface area contributed by atoms with E-state index in [1.807, 2.05) is 30.1 Å². The van der Waals surface area contributed by atoms with E-state index in [9.17, 15) is 4.79 Å². The number of nitrogens with zero attached hydrogens (tertiary/aromatic N) is 1. The van der Waals surface area contributed by atoms with Crippen LogP contribution in [0, 0.1) is 0 Å². The molecule has 19 heavy (non-hydrogen) atoms. The average molecular weight is 262 g/mol. The number of fused-ring (bicyclic) bond motifs is 1. The van der Waals surface area contributed by atoms with Gasteiger partial charge >= 0.3 is 0 Å². The van der Waals surface area contributed by atoms with Gasteiger partial charge in [0.05, 0.1) is 6.54 Å². The first kappa shape index (κ1) is 12.3. The normalized spacial score (nSPS) is 16.5. The molecule has 1 N–H and O–H groups in total. The number of nitrogens with one attached hydrogen (secondary N) is 1. The molecule has 0 aromatic heterocycles. The predicted molar refractivity (Wildman–Crippen MR) is 70.1 cm³/mol. The van der Waals surface area contributed by atoms with E-state index in [2.05, 4.69) is 5.32 Å². The maximum atomic E-state index is 11.8. The molecule has 1 aromatic rings. The molecule has 1 aromatic carbocycles. The van der Waals surface area contributed by atoms with E-state index in [0.717, 1.165) is 29.9 Å². The van der Waals surface area contributed by atoms with Crippen molar-refractivity contribution in [1.29, 1.82) is 0 Å². The fourth-order valence-electron chi connectivity index (χ4n) is 2.15. The second-order valence-corrected chi connectivity index (χ2v) is 5.03. The molecule has 0 bridgehead atoms. The van der Waals surface area contributed by atoms with Crippen LogP contribution in [0.3, 0.4) is 0 Å². The first-order chi connectivity index (χ1) is 9.24. The van der Waals surface area contributed by atoms with Crippen LogP contribution in [-0.4, -0.2) is 37.2 Å². The third-order valence-electron chi connectivity index (χ3n) is 3.53. The van der Waals surface area contributed by atoms with E-state index in [1.54, 1.807) is 0 Å². The quantitative estimate of drug-likeness (QED) is 0.864. The molecule has 0 radical (unpaired) electrons. The minimum atomic E-state index is 0.156. The van der Waals surface area contributed by atoms with Gasteiger partial charge in [-0.2, -0.15) is 0 Å². The van der Waals surface area contributed by atoms with Crippen molar-refractivity contribution in [2.75, 3.05) is 20.4 Å². The van der Waals surface area contributed by atoms with Gasteiger partial charge in [-0.05, 0) is 30.5 Å². The van der Waals surface area contributed by atoms with Gasteiger partial charge in [-0.15, -0.1) is 0 Å². The van der Waals surface area contributed by atoms with Gasteiger partial charge in [0.15, 0.2) is 11.5 Å². The van der Waals surface area contributed by atoms with Crippen molar-refractivity contribution < 1.29 is 14.3 Å². The molecule has 1 saturated carbocycles. The minimum Gasteiger partial charge on any atom is -0.454 e. The second-order valence-electron chi connectivity index (χ2n) is 5.03. The molecule has 0 unspecified atom stereocenters. The number of ether oxygens (including phenoxy) is 2. The summed E-state index contributed by atoms with van der Waals surface area (Å²) >= 11 is 0. The van der Waals surface area contributed by atoms with Crippen molar-refractivity contribution in [2.24, 2.45) is 0 Å². The fraction of sp³-hybridized carbons (Fsp3) is 0.500. The van der Waals surface area contributed by atoms with Crippen molar-refractivity contribution in [1.82, 2.24) is 10.2 Å². The maximum Gasteiger partial charge on any atom is 0.236 e. The van der Waals surface area contributed by atoms with E-state index in [1.165, 1.54) is 0 Å². The highest BCUT2D eigenvalue weighted by atomic mass is 16.7. The number of hydrogen-bond acceptors (Lipinski definition) is 4. The molecule has 5 nitrogen and oxygen atoms in total. The summed E-state index contributed by atoms with van der Waals surface area (Å²) in [5, 5.41) is 3.17. The Morgan fingerprint density at radius 1 is 1.37 bits per heavy atom. The molecule has 1 heterocycles. The SMILES string of the molecule is CN(C(=O)CNCc1ccc2c(c1)OCO2)C1CC1. The van der Waals surface area contributed by atoms with Gasteiger partial charge in [0.2, 0.25) is 12.7 Å². The number of carbonyl (C=O) groups excluding carboxylic acids is 1. The van der Waals surface area contributed by atoms with Gasteiger partial charge in [0, 0.05) is 19.6 Å². The van der Waals surface area contributed by atoms with Crippen LogP contribution in [0.2, 0.25) is 0 Å². The van der Waals surface area contributed by atoms with Crippen LogP contribution < -0.4 is 14.8 Å². The number of hydrogen-bond donors (Lipinski definition) is 1. The summed E-state index contributed by atoms with van der Waals surface area (Å²) in [6, 6.07) is 6.30. The first-order valence-electron chi connectivity index (χ1n) is 6.59. The summed E-state index contributed by atoms with van der Waals surface area (Å²) in [5.74, 6) is 1.72. The standard InChI is InChI=1S/C14H18N2O3/c1-16(11-3-4-11)14(17)8-15-7-10-2-5-12-13(6-10)19-9-18-12/h2,5-6,11,15H,3-4,7-9H2,1H3. The van der Waals surface area contributed by atoms with Crippen molar-refractivity contribution in [3.63, 3.8) is 0 Å². The molecule has 0 atom stereocenters. The van der Waals surface area contributed by atoms with Crippen molar-refractivity contribution in [3.05, 3.63) is 23.8 Å². The maximum absolute atomic E-state index is 11.8. The lowest BCUT2D eigenvalue weighted by Crippen LogP contribution is -2.36. The Balaban J connectivity index is 1.48. The number of benzene rings is 1. The third kappa shape index (κ3) is 2.81. The van der Waals surface area contributed by atoms with E-state index in [0.29, 0.717) is 19.1 Å². The van der Waals surface area contributed by atoms with Crippen molar-refractivity contribution >= 4 is 5.91 Å². The average Bonchev–Trinajstić information content (AvgIpc) is 3.16. The molecular formula is C14H18N2O3. The molecule has 0 saturated heterocycles. The second kappa shape index (κ2) is 5.09. The summed E-state index contributed by atoms with van der Waals surface area (Å²) in [4.78, 5) is 13.7. The Kier molecular flexibility index (Phi) is 3.29. The lowest BCUT2D eigenvalue weighted by molar-refractivity contribution is -0.129. The van der Waals surface area contributed by atoms with Crippen LogP contribution in [0.15, 0.2) is 18.2 Å². The monoisotopic (exact) mass is 262 g/mol. The third-order valence-corrected chi connectivity index (χ3v) is 3.53. The molecular weight excluding hydrogens is 244 g/mol. The summed E-state index contributed by atoms with van der Waals surface area (Å²) in [5.41, 5.74) is 1.09. The summed E-state index contributed by atoms with van der Waals surface area (Å²) in [6.07, 6.45) is 2.29. The van der Waals surface area contributed by atoms with Crippen LogP contribution in [0.5, 0.6) is 11.5 Å². The molecule has 5 heteroatoms. The lowest BCUT2D eigenvalue weighted by Gasteiger charge is -2.16. The first-order valence-corrected chi connectivity index (χ1v) is 6.59. The summed E-state index contributed by atoms with van der Waals surface area (Å²) in [6.45, 7) is 1.32. The Labute approximate surface area is 112 Å². The van der Waals surface area contributed by atoms with Gasteiger partial charge in [0.25, 0.3) is 0 Å². The van der Waals surface area contributed by atoms with E-state index in [4.69, 9.17) is 9.47 Å². The molecule has 2 aliphatic rings. The van der Waals surface area contributed by atoms with E-state index >= 15 is 0 Å². The van der Waals surface area contributed by atoms with Crippen LogP contribution in [0.4, 0.5) is 0 Å². The molecule has 1 amide bonds. The molecule has 1 fully saturated rings. The zero-order valence-electron chi connectivity index (χ0n) is 11.0. The lowest BCUT2D eigenvalue weighted by atomic mass is 10.2. The van der Waals surface area contributed by atoms with Crippen LogP contribution in [0.25, 0.3) is 0 Å². The molecule has 1 aliphatic carbocycles. The Bertz CT molecular complexity index is 486. The van der Waals surface area contributed by atoms with Crippen molar-refractivity contribution in [3.8, 4) is 11.5 Å². The van der Waals surface area contributed by atoms with Gasteiger partial charge in [0.1, 0.15) is 0 Å². The molecule has 3 rings (SSSR count). The van der Waals surface area contributed by atoms with E-state index < -0.39 is 0 Å². The summed E-state index contributed by atoms with van der Waals surface area (Å²) in [7, 11) is 1.88. The van der Waals surface area contributed by atoms with Gasteiger partial charge < -0.3 is 19.7 Å². The van der Waals surface area contributed by atoms with Gasteiger partial charge in [-0.25, -0.2) is 0 Å². The number of amides is 1. The van der Waals surface area contributed by atoms with Crippen LogP contribution in [0.1, 0.15) is 18.4 Å². The van der Waals surface area contributed by atoms with E-state index in [-0.39, 0.29) is 12.7 Å². The molecule has 0 spiro atoms. The van der Waals surface area contributed by atoms with Gasteiger partial charge in [-0.3, -0.25) is 4.79 Å². The number of rotatable bonds is 5. The zero-order chi connectivity index (χ0) is 13.2. The zero-order valence-corrected chi connectivity index (χ0v) is 11.0. The highest BCUT2D eigenvalue weighted by molar-refractivity contribution is 5.78. The minimum absolute atomic E-state index is 0.156. The Morgan fingerprint density at radius 3 is 2.95 bits per heavy atom. The molecule has 102 valence electrons. The highest BCUT2D eigenvalue weighted by Crippen LogP contribution is 2.32. The Morgan fingerprint density at radius 2 is 2.16 bits per heavy atom. The fourth-order valence-corrected chi connectivity index (χ4v) is 2.15. The highest BCUT2D eigenvalue weighted by Gasteiger charge is 2.29. The summed E-state index contributed by atoms with van der Waals surface area (Å²) < 4.78 is 10.6. The van der Waals surface area contributed by atoms with Gasteiger partial charge in [-0.1, -0.05) is 6.07 Å². The smallest absolute Gasteiger partial charge is 0.236 e. The van der Waals surface area contributed by atoms with Crippen LogP contribution >= 0.6 is 0 Å². The molecule has 1 aliphatic heterocycles. The topological polar surface area (TPSA) is 50.8 Å². The Hall–Kier alpha value is -1.75. The largest absolute Gasteiger partial charge is 0.454 e. The predicted octanol–water partition coefficient (Wildman–Crippen LogP) is 1.13. The number of likely N-dealkylation sites (N-methyl/N-ethyl adjacent to an activating group) is 1. The van der Waals surface area contributed by atoms with Crippen molar-refractivity contribution in [2.45, 2.75) is 25.4 Å². The van der Waals surface area contributed by atoms with Crippen LogP contribution in [-0.2, 0) is 11.3 Å². The number of carbonyl (C=O) groups is 1.